The van der Waals surface area contributed by atoms with Crippen LogP contribution in [0, 0.1) is 5.92 Å². The van der Waals surface area contributed by atoms with Crippen LogP contribution in [-0.2, 0) is 16.0 Å². The van der Waals surface area contributed by atoms with Crippen molar-refractivity contribution in [1.29, 1.82) is 0 Å². The van der Waals surface area contributed by atoms with Gasteiger partial charge in [-0.3, -0.25) is 14.4 Å². The fourth-order valence-corrected chi connectivity index (χ4v) is 4.50. The Labute approximate surface area is 164 Å². The number of aromatic amines is 1. The molecule has 0 spiro atoms. The highest BCUT2D eigenvalue weighted by atomic mass is 16.2. The molecule has 1 aliphatic carbocycles. The number of nitrogens with one attached hydrogen (secondary N) is 2. The van der Waals surface area contributed by atoms with Crippen molar-refractivity contribution in [2.75, 3.05) is 13.1 Å². The number of likely N-dealkylation sites (tertiary alicyclic amines) is 1. The summed E-state index contributed by atoms with van der Waals surface area (Å²) in [6, 6.07) is 9.84. The average Bonchev–Trinajstić information content (AvgIpc) is 3.11. The van der Waals surface area contributed by atoms with E-state index in [-0.39, 0.29) is 23.3 Å². The third kappa shape index (κ3) is 3.96. The molecule has 28 heavy (non-hydrogen) atoms. The van der Waals surface area contributed by atoms with Crippen LogP contribution in [0.3, 0.4) is 0 Å². The van der Waals surface area contributed by atoms with Gasteiger partial charge in [0.2, 0.25) is 11.8 Å². The van der Waals surface area contributed by atoms with Gasteiger partial charge in [0.25, 0.3) is 5.56 Å². The van der Waals surface area contributed by atoms with Crippen molar-refractivity contribution in [3.8, 4) is 0 Å². The van der Waals surface area contributed by atoms with Gasteiger partial charge in [0.05, 0.1) is 5.92 Å². The number of hydrogen-bond acceptors (Lipinski definition) is 3. The molecule has 4 rings (SSSR count). The summed E-state index contributed by atoms with van der Waals surface area (Å²) in [6.45, 7) is 0.931. The van der Waals surface area contributed by atoms with Crippen molar-refractivity contribution >= 4 is 22.7 Å². The van der Waals surface area contributed by atoms with Gasteiger partial charge in [-0.2, -0.15) is 0 Å². The van der Waals surface area contributed by atoms with Crippen molar-refractivity contribution in [3.05, 3.63) is 46.2 Å². The van der Waals surface area contributed by atoms with E-state index in [1.165, 1.54) is 19.3 Å². The lowest BCUT2D eigenvalue weighted by Crippen LogP contribution is -2.39. The number of para-hydroxylation sites is 1. The van der Waals surface area contributed by atoms with Gasteiger partial charge in [-0.05, 0) is 36.8 Å². The summed E-state index contributed by atoms with van der Waals surface area (Å²) in [5.74, 6) is -0.244. The molecule has 2 aromatic rings. The Morgan fingerprint density at radius 1 is 1.14 bits per heavy atom. The number of carbonyl (C=O) groups is 2. The van der Waals surface area contributed by atoms with E-state index < -0.39 is 0 Å². The molecule has 2 N–H and O–H groups in total. The summed E-state index contributed by atoms with van der Waals surface area (Å²) in [5, 5.41) is 3.90. The van der Waals surface area contributed by atoms with Crippen LogP contribution in [0.5, 0.6) is 0 Å². The van der Waals surface area contributed by atoms with Crippen LogP contribution in [0.2, 0.25) is 0 Å². The number of nitrogens with zero attached hydrogens (tertiary/aromatic N) is 1. The molecule has 1 aliphatic heterocycles. The highest BCUT2D eigenvalue weighted by Gasteiger charge is 2.37. The second kappa shape index (κ2) is 8.17. The first kappa shape index (κ1) is 18.7. The van der Waals surface area contributed by atoms with Crippen LogP contribution in [-0.4, -0.2) is 40.8 Å². The van der Waals surface area contributed by atoms with Gasteiger partial charge < -0.3 is 15.2 Å². The van der Waals surface area contributed by atoms with Gasteiger partial charge in [-0.25, -0.2) is 0 Å². The van der Waals surface area contributed by atoms with Crippen LogP contribution in [0.4, 0.5) is 0 Å². The molecule has 0 bridgehead atoms. The molecule has 0 radical (unpaired) electrons. The highest BCUT2D eigenvalue weighted by Crippen LogP contribution is 2.28. The van der Waals surface area contributed by atoms with Gasteiger partial charge in [0, 0.05) is 36.6 Å². The predicted molar refractivity (Wildman–Crippen MR) is 108 cm³/mol. The van der Waals surface area contributed by atoms with Crippen molar-refractivity contribution in [1.82, 2.24) is 15.2 Å². The normalized spacial score (nSPS) is 20.6. The number of hydrogen-bond donors (Lipinski definition) is 2. The lowest BCUT2D eigenvalue weighted by Gasteiger charge is -2.31. The summed E-state index contributed by atoms with van der Waals surface area (Å²) < 4.78 is 0. The fraction of sp³-hybridized carbons (Fsp3) is 0.500. The Morgan fingerprint density at radius 2 is 1.93 bits per heavy atom. The van der Waals surface area contributed by atoms with E-state index in [1.54, 1.807) is 0 Å². The van der Waals surface area contributed by atoms with Crippen LogP contribution in [0.25, 0.3) is 10.9 Å². The van der Waals surface area contributed by atoms with E-state index in [0.717, 1.165) is 23.7 Å². The number of H-pyrrole nitrogens is 1. The first-order valence-corrected chi connectivity index (χ1v) is 10.3. The fourth-order valence-electron chi connectivity index (χ4n) is 4.50. The number of fused-ring (bicyclic) bond motifs is 1. The summed E-state index contributed by atoms with van der Waals surface area (Å²) in [4.78, 5) is 41.9. The Morgan fingerprint density at radius 3 is 2.75 bits per heavy atom. The molecule has 148 valence electrons. The largest absolute Gasteiger partial charge is 0.355 e. The number of carbonyl (C=O) groups excluding carboxylic acids is 2. The molecule has 1 saturated carbocycles. The monoisotopic (exact) mass is 381 g/mol. The van der Waals surface area contributed by atoms with Gasteiger partial charge in [0.1, 0.15) is 0 Å². The molecular formula is C22H27N3O3. The van der Waals surface area contributed by atoms with Crippen LogP contribution in [0.1, 0.15) is 44.1 Å². The first-order valence-electron chi connectivity index (χ1n) is 10.3. The molecule has 2 amide bonds. The van der Waals surface area contributed by atoms with E-state index in [1.807, 2.05) is 35.2 Å². The zero-order chi connectivity index (χ0) is 19.5. The van der Waals surface area contributed by atoms with Gasteiger partial charge in [-0.1, -0.05) is 37.5 Å². The number of benzene rings is 1. The number of aromatic nitrogens is 1. The minimum Gasteiger partial charge on any atom is -0.355 e. The summed E-state index contributed by atoms with van der Waals surface area (Å²) in [6.07, 6.45) is 6.49. The zero-order valence-electron chi connectivity index (χ0n) is 16.1. The maximum Gasteiger partial charge on any atom is 0.251 e. The molecule has 1 unspecified atom stereocenters. The first-order chi connectivity index (χ1) is 13.6. The molecule has 2 aliphatic rings. The van der Waals surface area contributed by atoms with E-state index >= 15 is 0 Å². The van der Waals surface area contributed by atoms with Gasteiger partial charge >= 0.3 is 0 Å². The quantitative estimate of drug-likeness (QED) is 0.834. The molecule has 1 aromatic heterocycles. The van der Waals surface area contributed by atoms with Gasteiger partial charge in [0.15, 0.2) is 0 Å². The number of amides is 2. The molecule has 1 atom stereocenters. The Kier molecular flexibility index (Phi) is 5.46. The van der Waals surface area contributed by atoms with E-state index in [4.69, 9.17) is 0 Å². The predicted octanol–water partition coefficient (Wildman–Crippen LogP) is 2.37. The van der Waals surface area contributed by atoms with E-state index in [9.17, 15) is 14.4 Å². The van der Waals surface area contributed by atoms with Crippen molar-refractivity contribution in [2.24, 2.45) is 5.92 Å². The summed E-state index contributed by atoms with van der Waals surface area (Å²) >= 11 is 0. The summed E-state index contributed by atoms with van der Waals surface area (Å²) in [7, 11) is 0. The number of pyridine rings is 1. The third-order valence-corrected chi connectivity index (χ3v) is 6.07. The zero-order valence-corrected chi connectivity index (χ0v) is 16.1. The maximum atomic E-state index is 12.5. The maximum absolute atomic E-state index is 12.5. The third-order valence-electron chi connectivity index (χ3n) is 6.07. The second-order valence-electron chi connectivity index (χ2n) is 7.99. The minimum atomic E-state index is -0.274. The van der Waals surface area contributed by atoms with Crippen LogP contribution >= 0.6 is 0 Å². The molecule has 2 fully saturated rings. The lowest BCUT2D eigenvalue weighted by atomic mass is 9.94. The molecule has 6 nitrogen and oxygen atoms in total. The van der Waals surface area contributed by atoms with Crippen LogP contribution < -0.4 is 10.9 Å². The SMILES string of the molecule is O=C(NCCc1cc2ccccc2[nH]c1=O)C1CC(=O)N(C2CCCCC2)C1. The Hall–Kier alpha value is -2.63. The lowest BCUT2D eigenvalue weighted by molar-refractivity contribution is -0.130. The minimum absolute atomic E-state index is 0.0797. The van der Waals surface area contributed by atoms with E-state index in [2.05, 4.69) is 10.3 Å². The standard InChI is InChI=1S/C22H27N3O3/c26-20-13-17(14-25(20)18-7-2-1-3-8-18)21(27)23-11-10-16-12-15-6-4-5-9-19(15)24-22(16)28/h4-6,9,12,17-18H,1-3,7-8,10-11,13-14H2,(H,23,27)(H,24,28). The second-order valence-corrected chi connectivity index (χ2v) is 7.99. The average molecular weight is 381 g/mol. The van der Waals surface area contributed by atoms with E-state index in [0.29, 0.717) is 37.5 Å². The molecule has 2 heterocycles. The van der Waals surface area contributed by atoms with Crippen molar-refractivity contribution in [2.45, 2.75) is 51.0 Å². The molecule has 1 saturated heterocycles. The molecular weight excluding hydrogens is 354 g/mol. The Balaban J connectivity index is 1.32. The molecule has 6 heteroatoms. The summed E-state index contributed by atoms with van der Waals surface area (Å²) in [5.41, 5.74) is 1.35. The topological polar surface area (TPSA) is 82.3 Å². The smallest absolute Gasteiger partial charge is 0.251 e. The van der Waals surface area contributed by atoms with Crippen molar-refractivity contribution < 1.29 is 9.59 Å². The molecule has 1 aromatic carbocycles. The Bertz CT molecular complexity index is 930. The number of rotatable bonds is 5. The van der Waals surface area contributed by atoms with Gasteiger partial charge in [-0.15, -0.1) is 0 Å². The van der Waals surface area contributed by atoms with Crippen LogP contribution in [0.15, 0.2) is 35.1 Å². The van der Waals surface area contributed by atoms with Crippen molar-refractivity contribution in [3.63, 3.8) is 0 Å². The highest BCUT2D eigenvalue weighted by molar-refractivity contribution is 5.89.